The SMILES string of the molecule is CCN(CC)C(=O)c1ccccc1NC(=O)c1cccc(OCC(=O)O)c1. The number of hydrogen-bond acceptors (Lipinski definition) is 4. The molecule has 0 unspecified atom stereocenters. The Balaban J connectivity index is 2.20. The Morgan fingerprint density at radius 1 is 1.04 bits per heavy atom. The van der Waals surface area contributed by atoms with Crippen LogP contribution in [0, 0.1) is 0 Å². The van der Waals surface area contributed by atoms with Gasteiger partial charge in [-0.1, -0.05) is 18.2 Å². The minimum absolute atomic E-state index is 0.158. The van der Waals surface area contributed by atoms with Crippen LogP contribution in [-0.2, 0) is 4.79 Å². The van der Waals surface area contributed by atoms with Crippen molar-refractivity contribution >= 4 is 23.5 Å². The zero-order valence-corrected chi connectivity index (χ0v) is 15.3. The zero-order valence-electron chi connectivity index (χ0n) is 15.3. The summed E-state index contributed by atoms with van der Waals surface area (Å²) in [4.78, 5) is 37.5. The number of benzene rings is 2. The van der Waals surface area contributed by atoms with E-state index >= 15 is 0 Å². The maximum Gasteiger partial charge on any atom is 0.341 e. The fraction of sp³-hybridized carbons (Fsp3) is 0.250. The number of hydrogen-bond donors (Lipinski definition) is 2. The second-order valence-corrected chi connectivity index (χ2v) is 5.69. The summed E-state index contributed by atoms with van der Waals surface area (Å²) in [6.07, 6.45) is 0. The van der Waals surface area contributed by atoms with Crippen molar-refractivity contribution in [2.45, 2.75) is 13.8 Å². The third-order valence-corrected chi connectivity index (χ3v) is 3.91. The summed E-state index contributed by atoms with van der Waals surface area (Å²) in [5.74, 6) is -1.41. The van der Waals surface area contributed by atoms with Crippen LogP contribution < -0.4 is 10.1 Å². The van der Waals surface area contributed by atoms with Crippen molar-refractivity contribution in [3.8, 4) is 5.75 Å². The van der Waals surface area contributed by atoms with Gasteiger partial charge in [0, 0.05) is 18.7 Å². The standard InChI is InChI=1S/C20H22N2O5/c1-3-22(4-2)20(26)16-10-5-6-11-17(16)21-19(25)14-8-7-9-15(12-14)27-13-18(23)24/h5-12H,3-4,13H2,1-2H3,(H,21,25)(H,23,24). The highest BCUT2D eigenvalue weighted by Gasteiger charge is 2.18. The van der Waals surface area contributed by atoms with Crippen LogP contribution in [0.3, 0.4) is 0 Å². The average molecular weight is 370 g/mol. The predicted octanol–water partition coefficient (Wildman–Crippen LogP) is 2.88. The number of aliphatic carboxylic acids is 1. The van der Waals surface area contributed by atoms with E-state index < -0.39 is 18.5 Å². The average Bonchev–Trinajstić information content (AvgIpc) is 2.68. The molecule has 0 aromatic heterocycles. The first-order valence-corrected chi connectivity index (χ1v) is 8.60. The van der Waals surface area contributed by atoms with Crippen LogP contribution >= 0.6 is 0 Å². The Labute approximate surface area is 157 Å². The van der Waals surface area contributed by atoms with Gasteiger partial charge in [-0.3, -0.25) is 9.59 Å². The number of nitrogens with one attached hydrogen (secondary N) is 1. The number of amides is 2. The third kappa shape index (κ3) is 5.31. The molecule has 0 aliphatic carbocycles. The molecule has 2 aromatic carbocycles. The highest BCUT2D eigenvalue weighted by Crippen LogP contribution is 2.20. The molecule has 0 aliphatic heterocycles. The first-order chi connectivity index (χ1) is 13.0. The molecule has 0 atom stereocenters. The Hall–Kier alpha value is -3.35. The molecule has 0 fully saturated rings. The van der Waals surface area contributed by atoms with Crippen molar-refractivity contribution in [3.05, 3.63) is 59.7 Å². The van der Waals surface area contributed by atoms with Gasteiger partial charge in [0.2, 0.25) is 0 Å². The lowest BCUT2D eigenvalue weighted by molar-refractivity contribution is -0.139. The summed E-state index contributed by atoms with van der Waals surface area (Å²) in [6, 6.07) is 13.0. The summed E-state index contributed by atoms with van der Waals surface area (Å²) >= 11 is 0. The van der Waals surface area contributed by atoms with Gasteiger partial charge in [0.1, 0.15) is 5.75 Å². The number of rotatable bonds is 8. The molecule has 2 rings (SSSR count). The van der Waals surface area contributed by atoms with Gasteiger partial charge in [-0.2, -0.15) is 0 Å². The van der Waals surface area contributed by atoms with E-state index in [4.69, 9.17) is 9.84 Å². The van der Waals surface area contributed by atoms with Gasteiger partial charge in [0.15, 0.2) is 6.61 Å². The van der Waals surface area contributed by atoms with Crippen LogP contribution in [0.15, 0.2) is 48.5 Å². The summed E-state index contributed by atoms with van der Waals surface area (Å²) in [5.41, 5.74) is 1.12. The van der Waals surface area contributed by atoms with Gasteiger partial charge >= 0.3 is 5.97 Å². The quantitative estimate of drug-likeness (QED) is 0.745. The molecule has 7 heteroatoms. The number of carboxylic acid groups (broad SMARTS) is 1. The minimum atomic E-state index is -1.10. The van der Waals surface area contributed by atoms with Crippen LogP contribution in [0.1, 0.15) is 34.6 Å². The molecule has 0 heterocycles. The van der Waals surface area contributed by atoms with Gasteiger partial charge in [-0.25, -0.2) is 4.79 Å². The maximum absolute atomic E-state index is 12.6. The number of carboxylic acids is 1. The van der Waals surface area contributed by atoms with E-state index in [1.54, 1.807) is 47.4 Å². The second kappa shape index (κ2) is 9.38. The predicted molar refractivity (Wildman–Crippen MR) is 101 cm³/mol. The lowest BCUT2D eigenvalue weighted by atomic mass is 10.1. The lowest BCUT2D eigenvalue weighted by Gasteiger charge is -2.20. The van der Waals surface area contributed by atoms with Crippen LogP contribution in [0.4, 0.5) is 5.69 Å². The molecule has 27 heavy (non-hydrogen) atoms. The molecule has 2 N–H and O–H groups in total. The van der Waals surface area contributed by atoms with Gasteiger partial charge in [0.05, 0.1) is 11.3 Å². The van der Waals surface area contributed by atoms with Gasteiger partial charge in [0.25, 0.3) is 11.8 Å². The van der Waals surface area contributed by atoms with Crippen LogP contribution in [0.2, 0.25) is 0 Å². The number of anilines is 1. The van der Waals surface area contributed by atoms with Crippen molar-refractivity contribution in [2.24, 2.45) is 0 Å². The van der Waals surface area contributed by atoms with Crippen molar-refractivity contribution in [1.29, 1.82) is 0 Å². The van der Waals surface area contributed by atoms with E-state index in [1.807, 2.05) is 13.8 Å². The van der Waals surface area contributed by atoms with Crippen LogP contribution in [0.25, 0.3) is 0 Å². The Morgan fingerprint density at radius 3 is 2.41 bits per heavy atom. The van der Waals surface area contributed by atoms with Crippen molar-refractivity contribution in [2.75, 3.05) is 25.0 Å². The summed E-state index contributed by atoms with van der Waals surface area (Å²) in [7, 11) is 0. The number of carbonyl (C=O) groups excluding carboxylic acids is 2. The molecule has 0 radical (unpaired) electrons. The number of para-hydroxylation sites is 1. The number of ether oxygens (including phenoxy) is 1. The molecule has 7 nitrogen and oxygen atoms in total. The number of nitrogens with zero attached hydrogens (tertiary/aromatic N) is 1. The smallest absolute Gasteiger partial charge is 0.341 e. The Kier molecular flexibility index (Phi) is 6.93. The molecule has 2 aromatic rings. The Bertz CT molecular complexity index is 831. The van der Waals surface area contributed by atoms with Gasteiger partial charge < -0.3 is 20.1 Å². The molecule has 0 saturated heterocycles. The fourth-order valence-electron chi connectivity index (χ4n) is 2.53. The molecule has 2 amide bonds. The highest BCUT2D eigenvalue weighted by molar-refractivity contribution is 6.09. The van der Waals surface area contributed by atoms with E-state index in [2.05, 4.69) is 5.32 Å². The van der Waals surface area contributed by atoms with E-state index in [0.717, 1.165) is 0 Å². The third-order valence-electron chi connectivity index (χ3n) is 3.91. The maximum atomic E-state index is 12.6. The largest absolute Gasteiger partial charge is 0.482 e. The zero-order chi connectivity index (χ0) is 19.8. The lowest BCUT2D eigenvalue weighted by Crippen LogP contribution is -2.31. The van der Waals surface area contributed by atoms with E-state index in [-0.39, 0.29) is 11.7 Å². The van der Waals surface area contributed by atoms with Crippen molar-refractivity contribution < 1.29 is 24.2 Å². The first kappa shape index (κ1) is 20.0. The first-order valence-electron chi connectivity index (χ1n) is 8.60. The molecule has 142 valence electrons. The normalized spacial score (nSPS) is 10.1. The van der Waals surface area contributed by atoms with Gasteiger partial charge in [-0.15, -0.1) is 0 Å². The van der Waals surface area contributed by atoms with Crippen molar-refractivity contribution in [1.82, 2.24) is 4.90 Å². The molecular weight excluding hydrogens is 348 g/mol. The monoisotopic (exact) mass is 370 g/mol. The van der Waals surface area contributed by atoms with Gasteiger partial charge in [-0.05, 0) is 44.2 Å². The van der Waals surface area contributed by atoms with Crippen LogP contribution in [-0.4, -0.2) is 47.5 Å². The minimum Gasteiger partial charge on any atom is -0.482 e. The molecular formula is C20H22N2O5. The molecule has 0 bridgehead atoms. The fourth-order valence-corrected chi connectivity index (χ4v) is 2.53. The topological polar surface area (TPSA) is 95.9 Å². The summed E-state index contributed by atoms with van der Waals surface area (Å²) in [5, 5.41) is 11.4. The number of carbonyl (C=O) groups is 3. The van der Waals surface area contributed by atoms with Crippen LogP contribution in [0.5, 0.6) is 5.75 Å². The molecule has 0 spiro atoms. The molecule has 0 aliphatic rings. The highest BCUT2D eigenvalue weighted by atomic mass is 16.5. The summed E-state index contributed by atoms with van der Waals surface area (Å²) in [6.45, 7) is 4.43. The summed E-state index contributed by atoms with van der Waals surface area (Å²) < 4.78 is 5.09. The molecule has 0 saturated carbocycles. The Morgan fingerprint density at radius 2 is 1.74 bits per heavy atom. The van der Waals surface area contributed by atoms with E-state index in [1.165, 1.54) is 6.07 Å². The van der Waals surface area contributed by atoms with Crippen molar-refractivity contribution in [3.63, 3.8) is 0 Å². The van der Waals surface area contributed by atoms with E-state index in [0.29, 0.717) is 29.9 Å². The van der Waals surface area contributed by atoms with E-state index in [9.17, 15) is 14.4 Å². The second-order valence-electron chi connectivity index (χ2n) is 5.69.